The van der Waals surface area contributed by atoms with E-state index >= 15 is 0 Å². The SMILES string of the molecule is CC1=CCC(C)=[C]1[Hf+2].[Cl-].[Cl-]. The Bertz CT molecular complexity index is 165. The number of hydrogen-bond donors (Lipinski definition) is 0. The zero-order valence-electron chi connectivity index (χ0n) is 6.04. The van der Waals surface area contributed by atoms with Gasteiger partial charge in [-0.15, -0.1) is 0 Å². The second-order valence-corrected chi connectivity index (χ2v) is 4.04. The van der Waals surface area contributed by atoms with Crippen LogP contribution >= 0.6 is 0 Å². The number of rotatable bonds is 0. The molecule has 0 aromatic heterocycles. The molecule has 0 radical (unpaired) electrons. The van der Waals surface area contributed by atoms with E-state index in [1.807, 2.05) is 0 Å². The first-order valence-electron chi connectivity index (χ1n) is 2.80. The molecule has 55 valence electrons. The molecule has 0 N–H and O–H groups in total. The number of hydrogen-bond acceptors (Lipinski definition) is 0. The molecule has 0 unspecified atom stereocenters. The van der Waals surface area contributed by atoms with Crippen molar-refractivity contribution in [2.75, 3.05) is 0 Å². The standard InChI is InChI=1S/C7H9.2ClH.Hf/c1-6-3-4-7(2)5-6;;;/h3H,4H2,1-2H3;2*1H;/q;;;+2/p-2. The molecule has 0 bridgehead atoms. The zero-order chi connectivity index (χ0) is 6.15. The van der Waals surface area contributed by atoms with E-state index in [1.54, 1.807) is 8.90 Å². The predicted molar refractivity (Wildman–Crippen MR) is 31.1 cm³/mol. The Hall–Kier alpha value is 0.930. The molecule has 1 aliphatic rings. The summed E-state index contributed by atoms with van der Waals surface area (Å²) in [5.41, 5.74) is 3.11. The summed E-state index contributed by atoms with van der Waals surface area (Å²) in [6.45, 7) is 4.44. The summed E-state index contributed by atoms with van der Waals surface area (Å²) in [4.78, 5) is 0. The maximum Gasteiger partial charge on any atom is -1.00 e. The molecule has 1 aliphatic carbocycles. The predicted octanol–water partition coefficient (Wildman–Crippen LogP) is -3.83. The maximum absolute atomic E-state index is 2.32. The van der Waals surface area contributed by atoms with Gasteiger partial charge in [0.05, 0.1) is 0 Å². The fourth-order valence-electron chi connectivity index (χ4n) is 0.847. The Morgan fingerprint density at radius 2 is 1.80 bits per heavy atom. The topological polar surface area (TPSA) is 0 Å². The van der Waals surface area contributed by atoms with Crippen LogP contribution in [-0.2, 0) is 24.4 Å². The van der Waals surface area contributed by atoms with E-state index in [9.17, 15) is 0 Å². The van der Waals surface area contributed by atoms with Gasteiger partial charge in [-0.05, 0) is 0 Å². The van der Waals surface area contributed by atoms with E-state index in [-0.39, 0.29) is 24.8 Å². The summed E-state index contributed by atoms with van der Waals surface area (Å²) in [5.74, 6) is 0. The maximum atomic E-state index is 2.32. The normalized spacial score (nSPS) is 15.8. The molecule has 0 atom stereocenters. The van der Waals surface area contributed by atoms with Gasteiger partial charge in [0, 0.05) is 0 Å². The molecule has 3 heteroatoms. The van der Waals surface area contributed by atoms with Crippen LogP contribution in [0.15, 0.2) is 20.6 Å². The molecular formula is C7H9Cl2Hf. The first-order chi connectivity index (χ1) is 3.72. The molecule has 10 heavy (non-hydrogen) atoms. The van der Waals surface area contributed by atoms with Crippen molar-refractivity contribution >= 4 is 0 Å². The van der Waals surface area contributed by atoms with Gasteiger partial charge in [0.1, 0.15) is 0 Å². The third-order valence-corrected chi connectivity index (χ3v) is 4.49. The van der Waals surface area contributed by atoms with E-state index in [1.165, 1.54) is 36.4 Å². The van der Waals surface area contributed by atoms with Crippen LogP contribution in [-0.4, -0.2) is 0 Å². The Kier molecular flexibility index (Phi) is 7.52. The van der Waals surface area contributed by atoms with Gasteiger partial charge in [0.15, 0.2) is 0 Å². The Balaban J connectivity index is 0. The molecule has 0 heterocycles. The van der Waals surface area contributed by atoms with Crippen molar-refractivity contribution in [2.45, 2.75) is 20.3 Å². The second kappa shape index (κ2) is 5.56. The van der Waals surface area contributed by atoms with E-state index in [0.29, 0.717) is 0 Å². The average Bonchev–Trinajstić information content (AvgIpc) is 1.98. The number of halogens is 2. The molecule has 0 saturated carbocycles. The summed E-state index contributed by atoms with van der Waals surface area (Å²) in [6, 6.07) is 0. The van der Waals surface area contributed by atoms with Crippen LogP contribution < -0.4 is 24.8 Å². The first-order valence-corrected chi connectivity index (χ1v) is 4.60. The quantitative estimate of drug-likeness (QED) is 0.396. The summed E-state index contributed by atoms with van der Waals surface area (Å²) < 4.78 is 1.63. The van der Waals surface area contributed by atoms with Gasteiger partial charge in [0.25, 0.3) is 0 Å². The molecule has 0 aromatic rings. The fraction of sp³-hybridized carbons (Fsp3) is 0.429. The molecule has 0 fully saturated rings. The second-order valence-electron chi connectivity index (χ2n) is 2.25. The molecule has 0 aromatic carbocycles. The minimum atomic E-state index is 0. The third-order valence-electron chi connectivity index (χ3n) is 1.54. The summed E-state index contributed by atoms with van der Waals surface area (Å²) in [7, 11) is 0. The summed E-state index contributed by atoms with van der Waals surface area (Å²) >= 11 is 1.23. The smallest absolute Gasteiger partial charge is 1.00 e. The van der Waals surface area contributed by atoms with Crippen LogP contribution in [0.1, 0.15) is 20.3 Å². The van der Waals surface area contributed by atoms with Crippen LogP contribution in [0.25, 0.3) is 0 Å². The monoisotopic (exact) mass is 343 g/mol. The molecule has 0 spiro atoms. The Labute approximate surface area is 89.5 Å². The van der Waals surface area contributed by atoms with Crippen LogP contribution in [0.2, 0.25) is 0 Å². The fourth-order valence-corrected chi connectivity index (χ4v) is 1.58. The van der Waals surface area contributed by atoms with Crippen molar-refractivity contribution in [1.82, 2.24) is 0 Å². The van der Waals surface area contributed by atoms with Crippen LogP contribution in [0.4, 0.5) is 0 Å². The van der Waals surface area contributed by atoms with Crippen LogP contribution in [0.5, 0.6) is 0 Å². The molecule has 0 aliphatic heterocycles. The molecule has 0 amide bonds. The minimum absolute atomic E-state index is 0. The van der Waals surface area contributed by atoms with Gasteiger partial charge >= 0.3 is 65.2 Å². The zero-order valence-corrected chi connectivity index (χ0v) is 11.1. The van der Waals surface area contributed by atoms with E-state index in [0.717, 1.165) is 0 Å². The average molecular weight is 343 g/mol. The van der Waals surface area contributed by atoms with Crippen LogP contribution in [0.3, 0.4) is 0 Å². The molecule has 1 rings (SSSR count). The van der Waals surface area contributed by atoms with Crippen molar-refractivity contribution in [3.05, 3.63) is 20.6 Å². The van der Waals surface area contributed by atoms with Gasteiger partial charge in [-0.2, -0.15) is 0 Å². The molecule has 0 saturated heterocycles. The van der Waals surface area contributed by atoms with Gasteiger partial charge in [0.2, 0.25) is 0 Å². The van der Waals surface area contributed by atoms with Crippen LogP contribution in [0, 0.1) is 0 Å². The van der Waals surface area contributed by atoms with Crippen molar-refractivity contribution in [2.24, 2.45) is 0 Å². The van der Waals surface area contributed by atoms with Gasteiger partial charge in [-0.3, -0.25) is 0 Å². The third kappa shape index (κ3) is 2.89. The minimum Gasteiger partial charge on any atom is -1.00 e. The first kappa shape index (κ1) is 13.5. The van der Waals surface area contributed by atoms with Crippen molar-refractivity contribution < 1.29 is 49.2 Å². The van der Waals surface area contributed by atoms with Crippen molar-refractivity contribution in [1.29, 1.82) is 0 Å². The van der Waals surface area contributed by atoms with E-state index in [2.05, 4.69) is 19.9 Å². The summed E-state index contributed by atoms with van der Waals surface area (Å²) in [5, 5.41) is 0. The van der Waals surface area contributed by atoms with E-state index in [4.69, 9.17) is 0 Å². The summed E-state index contributed by atoms with van der Waals surface area (Å²) in [6.07, 6.45) is 3.53. The van der Waals surface area contributed by atoms with Crippen molar-refractivity contribution in [3.8, 4) is 0 Å². The number of allylic oxidation sites excluding steroid dienone is 4. The molecule has 0 nitrogen and oxygen atoms in total. The molecular weight excluding hydrogens is 333 g/mol. The largest absolute Gasteiger partial charge is 1.00 e. The van der Waals surface area contributed by atoms with E-state index < -0.39 is 0 Å². The Morgan fingerprint density at radius 1 is 1.30 bits per heavy atom. The van der Waals surface area contributed by atoms with Gasteiger partial charge in [-0.1, -0.05) is 0 Å². The van der Waals surface area contributed by atoms with Crippen molar-refractivity contribution in [3.63, 3.8) is 0 Å². The van der Waals surface area contributed by atoms with Gasteiger partial charge in [-0.25, -0.2) is 0 Å². The van der Waals surface area contributed by atoms with Gasteiger partial charge < -0.3 is 24.8 Å². The Morgan fingerprint density at radius 3 is 1.90 bits per heavy atom.